The van der Waals surface area contributed by atoms with Crippen LogP contribution in [0, 0.1) is 0 Å². The SMILES string of the molecule is O=c1c2ccccc2n(C(CCn2ccnc2)c2ccccc2)c(=O)n1-c1ccccc1. The molecular formula is C26H22N4O2. The van der Waals surface area contributed by atoms with Crippen LogP contribution in [0.1, 0.15) is 18.0 Å². The Morgan fingerprint density at radius 2 is 1.50 bits per heavy atom. The van der Waals surface area contributed by atoms with Gasteiger partial charge in [-0.3, -0.25) is 9.36 Å². The Balaban J connectivity index is 1.78. The van der Waals surface area contributed by atoms with Crippen LogP contribution in [0.25, 0.3) is 16.6 Å². The van der Waals surface area contributed by atoms with E-state index >= 15 is 0 Å². The fourth-order valence-electron chi connectivity index (χ4n) is 4.20. The van der Waals surface area contributed by atoms with Crippen LogP contribution < -0.4 is 11.2 Å². The second-order valence-electron chi connectivity index (χ2n) is 7.66. The lowest BCUT2D eigenvalue weighted by Gasteiger charge is -2.24. The van der Waals surface area contributed by atoms with Crippen molar-refractivity contribution in [2.24, 2.45) is 0 Å². The summed E-state index contributed by atoms with van der Waals surface area (Å²) < 4.78 is 5.03. The van der Waals surface area contributed by atoms with Crippen molar-refractivity contribution >= 4 is 10.9 Å². The summed E-state index contributed by atoms with van der Waals surface area (Å²) in [7, 11) is 0. The zero-order chi connectivity index (χ0) is 21.9. The molecule has 32 heavy (non-hydrogen) atoms. The molecule has 1 atom stereocenters. The Kier molecular flexibility index (Phi) is 5.25. The third-order valence-electron chi connectivity index (χ3n) is 5.72. The minimum absolute atomic E-state index is 0.258. The molecule has 5 aromatic rings. The number of hydrogen-bond donors (Lipinski definition) is 0. The molecule has 0 aliphatic rings. The summed E-state index contributed by atoms with van der Waals surface area (Å²) >= 11 is 0. The quantitative estimate of drug-likeness (QED) is 0.415. The summed E-state index contributed by atoms with van der Waals surface area (Å²) in [6.07, 6.45) is 6.09. The highest BCUT2D eigenvalue weighted by Gasteiger charge is 2.22. The molecule has 0 aliphatic heterocycles. The van der Waals surface area contributed by atoms with Crippen molar-refractivity contribution in [1.29, 1.82) is 0 Å². The summed E-state index contributed by atoms with van der Waals surface area (Å²) in [5.41, 5.74) is 1.55. The summed E-state index contributed by atoms with van der Waals surface area (Å²) in [6, 6.07) is 26.1. The molecule has 0 amide bonds. The van der Waals surface area contributed by atoms with Crippen LogP contribution in [0.3, 0.4) is 0 Å². The summed E-state index contributed by atoms with van der Waals surface area (Å²) in [4.78, 5) is 31.4. The fraction of sp³-hybridized carbons (Fsp3) is 0.115. The molecule has 0 saturated heterocycles. The van der Waals surface area contributed by atoms with Crippen LogP contribution in [-0.2, 0) is 6.54 Å². The smallest absolute Gasteiger partial charge is 0.336 e. The molecule has 2 aromatic heterocycles. The van der Waals surface area contributed by atoms with Crippen molar-refractivity contribution in [1.82, 2.24) is 18.7 Å². The topological polar surface area (TPSA) is 61.8 Å². The standard InChI is InChI=1S/C26H22N4O2/c31-25-22-13-7-8-14-24(22)30(26(32)29(25)21-11-5-2-6-12-21)23(20-9-3-1-4-10-20)15-17-28-18-16-27-19-28/h1-14,16,18-19,23H,15,17H2. The number of aromatic nitrogens is 4. The van der Waals surface area contributed by atoms with Gasteiger partial charge in [-0.05, 0) is 36.2 Å². The maximum atomic E-state index is 13.9. The van der Waals surface area contributed by atoms with Crippen LogP contribution >= 0.6 is 0 Å². The summed E-state index contributed by atoms with van der Waals surface area (Å²) in [5, 5.41) is 0.513. The van der Waals surface area contributed by atoms with Gasteiger partial charge in [-0.15, -0.1) is 0 Å². The van der Waals surface area contributed by atoms with Gasteiger partial charge in [0.1, 0.15) is 0 Å². The highest BCUT2D eigenvalue weighted by atomic mass is 16.2. The lowest BCUT2D eigenvalue weighted by molar-refractivity contribution is 0.479. The van der Waals surface area contributed by atoms with Gasteiger partial charge >= 0.3 is 5.69 Å². The Bertz CT molecular complexity index is 1450. The molecule has 3 aromatic carbocycles. The first-order valence-electron chi connectivity index (χ1n) is 10.6. The van der Waals surface area contributed by atoms with Crippen molar-refractivity contribution in [2.75, 3.05) is 0 Å². The Labute approximate surface area is 184 Å². The van der Waals surface area contributed by atoms with Crippen molar-refractivity contribution in [3.8, 4) is 5.69 Å². The lowest BCUT2D eigenvalue weighted by atomic mass is 10.0. The van der Waals surface area contributed by atoms with E-state index in [0.29, 0.717) is 29.6 Å². The molecule has 0 fully saturated rings. The van der Waals surface area contributed by atoms with Gasteiger partial charge in [0.15, 0.2) is 0 Å². The Morgan fingerprint density at radius 1 is 0.812 bits per heavy atom. The first kappa shape index (κ1) is 19.8. The molecule has 0 N–H and O–H groups in total. The van der Waals surface area contributed by atoms with E-state index in [9.17, 15) is 9.59 Å². The van der Waals surface area contributed by atoms with E-state index in [4.69, 9.17) is 0 Å². The van der Waals surface area contributed by atoms with Gasteiger partial charge in [-0.2, -0.15) is 0 Å². The van der Waals surface area contributed by atoms with E-state index in [1.54, 1.807) is 35.3 Å². The molecule has 0 bridgehead atoms. The molecular weight excluding hydrogens is 400 g/mol. The molecule has 5 rings (SSSR count). The second-order valence-corrected chi connectivity index (χ2v) is 7.66. The average molecular weight is 422 g/mol. The van der Waals surface area contributed by atoms with Gasteiger partial charge in [-0.1, -0.05) is 60.7 Å². The number of rotatable bonds is 6. The number of fused-ring (bicyclic) bond motifs is 1. The van der Waals surface area contributed by atoms with Gasteiger partial charge in [-0.25, -0.2) is 14.3 Å². The normalized spacial score (nSPS) is 12.1. The zero-order valence-corrected chi connectivity index (χ0v) is 17.4. The third kappa shape index (κ3) is 3.56. The van der Waals surface area contributed by atoms with Crippen molar-refractivity contribution in [3.63, 3.8) is 0 Å². The summed E-state index contributed by atoms with van der Waals surface area (Å²) in [6.45, 7) is 0.685. The van der Waals surface area contributed by atoms with Gasteiger partial charge < -0.3 is 4.57 Å². The minimum atomic E-state index is -0.348. The van der Waals surface area contributed by atoms with E-state index in [1.807, 2.05) is 77.5 Å². The van der Waals surface area contributed by atoms with Gasteiger partial charge in [0, 0.05) is 18.9 Å². The molecule has 0 radical (unpaired) electrons. The first-order valence-corrected chi connectivity index (χ1v) is 10.6. The molecule has 6 heteroatoms. The molecule has 6 nitrogen and oxygen atoms in total. The van der Waals surface area contributed by atoms with E-state index in [0.717, 1.165) is 5.56 Å². The molecule has 2 heterocycles. The van der Waals surface area contributed by atoms with Crippen LogP contribution in [0.2, 0.25) is 0 Å². The van der Waals surface area contributed by atoms with Crippen molar-refractivity contribution < 1.29 is 0 Å². The highest BCUT2D eigenvalue weighted by Crippen LogP contribution is 2.25. The predicted molar refractivity (Wildman–Crippen MR) is 125 cm³/mol. The summed E-state index contributed by atoms with van der Waals surface area (Å²) in [5.74, 6) is 0. The van der Waals surface area contributed by atoms with Gasteiger partial charge in [0.25, 0.3) is 5.56 Å². The molecule has 0 aliphatic carbocycles. The van der Waals surface area contributed by atoms with Crippen LogP contribution in [-0.4, -0.2) is 18.7 Å². The van der Waals surface area contributed by atoms with Crippen LogP contribution in [0.5, 0.6) is 0 Å². The lowest BCUT2D eigenvalue weighted by Crippen LogP contribution is -2.41. The number of nitrogens with zero attached hydrogens (tertiary/aromatic N) is 4. The minimum Gasteiger partial charge on any atom is -0.337 e. The van der Waals surface area contributed by atoms with Gasteiger partial charge in [0.2, 0.25) is 0 Å². The first-order chi connectivity index (χ1) is 15.7. The fourth-order valence-corrected chi connectivity index (χ4v) is 4.20. The second kappa shape index (κ2) is 8.51. The van der Waals surface area contributed by atoms with Crippen LogP contribution in [0.15, 0.2) is 113 Å². The van der Waals surface area contributed by atoms with Crippen molar-refractivity contribution in [2.45, 2.75) is 19.0 Å². The molecule has 0 saturated carbocycles. The number of benzene rings is 3. The van der Waals surface area contributed by atoms with Crippen LogP contribution in [0.4, 0.5) is 0 Å². The Morgan fingerprint density at radius 3 is 2.22 bits per heavy atom. The molecule has 158 valence electrons. The number of para-hydroxylation sites is 2. The largest absolute Gasteiger partial charge is 0.337 e. The average Bonchev–Trinajstić information content (AvgIpc) is 3.36. The third-order valence-corrected chi connectivity index (χ3v) is 5.72. The van der Waals surface area contributed by atoms with E-state index in [-0.39, 0.29) is 17.3 Å². The molecule has 0 spiro atoms. The molecule has 1 unspecified atom stereocenters. The monoisotopic (exact) mass is 422 g/mol. The van der Waals surface area contributed by atoms with Gasteiger partial charge in [0.05, 0.1) is 29.0 Å². The predicted octanol–water partition coefficient (Wildman–Crippen LogP) is 4.03. The number of aryl methyl sites for hydroxylation is 1. The number of hydrogen-bond acceptors (Lipinski definition) is 3. The highest BCUT2D eigenvalue weighted by molar-refractivity contribution is 5.78. The van der Waals surface area contributed by atoms with E-state index < -0.39 is 0 Å². The van der Waals surface area contributed by atoms with Crippen molar-refractivity contribution in [3.05, 3.63) is 130 Å². The Hall–Kier alpha value is -4.19. The zero-order valence-electron chi connectivity index (χ0n) is 17.4. The maximum absolute atomic E-state index is 13.9. The van der Waals surface area contributed by atoms with E-state index in [1.165, 1.54) is 4.57 Å². The number of imidazole rings is 1. The van der Waals surface area contributed by atoms with E-state index in [2.05, 4.69) is 4.98 Å². The maximum Gasteiger partial charge on any atom is 0.336 e.